The number of hydrogen-bond donors (Lipinski definition) is 1. The molecule has 1 N–H and O–H groups in total. The maximum absolute atomic E-state index is 6.03. The molecule has 180 valence electrons. The summed E-state index contributed by atoms with van der Waals surface area (Å²) in [5, 5.41) is 3.68. The molecular formula is C24H39IN4O3. The van der Waals surface area contributed by atoms with Gasteiger partial charge in [0, 0.05) is 38.9 Å². The first-order valence-corrected chi connectivity index (χ1v) is 11.9. The molecule has 4 rings (SSSR count). The fourth-order valence-corrected chi connectivity index (χ4v) is 5.12. The molecule has 3 heterocycles. The largest absolute Gasteiger partial charge is 0.496 e. The Kier molecular flexibility index (Phi) is 10.3. The van der Waals surface area contributed by atoms with Gasteiger partial charge in [-0.3, -0.25) is 9.89 Å². The maximum Gasteiger partial charge on any atom is 0.193 e. The second-order valence-electron chi connectivity index (χ2n) is 8.69. The second-order valence-corrected chi connectivity index (χ2v) is 8.69. The van der Waals surface area contributed by atoms with E-state index >= 15 is 0 Å². The average molecular weight is 559 g/mol. The topological polar surface area (TPSA) is 58.6 Å². The lowest BCUT2D eigenvalue weighted by Crippen LogP contribution is -2.54. The van der Waals surface area contributed by atoms with Gasteiger partial charge in [-0.2, -0.15) is 0 Å². The van der Waals surface area contributed by atoms with Crippen LogP contribution in [0.15, 0.2) is 29.3 Å². The zero-order valence-corrected chi connectivity index (χ0v) is 21.8. The highest BCUT2D eigenvalue weighted by Gasteiger charge is 2.33. The van der Waals surface area contributed by atoms with Crippen LogP contribution >= 0.6 is 24.0 Å². The van der Waals surface area contributed by atoms with E-state index in [4.69, 9.17) is 14.2 Å². The van der Waals surface area contributed by atoms with Crippen molar-refractivity contribution in [1.82, 2.24) is 15.1 Å². The van der Waals surface area contributed by atoms with Crippen molar-refractivity contribution in [3.05, 3.63) is 29.8 Å². The maximum atomic E-state index is 6.03. The molecule has 0 radical (unpaired) electrons. The molecule has 0 bridgehead atoms. The van der Waals surface area contributed by atoms with Gasteiger partial charge in [-0.1, -0.05) is 24.6 Å². The third kappa shape index (κ3) is 6.27. The van der Waals surface area contributed by atoms with E-state index in [1.54, 1.807) is 7.11 Å². The number of nitrogens with one attached hydrogen (secondary N) is 1. The molecule has 0 spiro atoms. The molecule has 3 atom stereocenters. The molecule has 3 saturated heterocycles. The van der Waals surface area contributed by atoms with E-state index in [1.807, 2.05) is 13.1 Å². The predicted octanol–water partition coefficient (Wildman–Crippen LogP) is 3.30. The summed E-state index contributed by atoms with van der Waals surface area (Å²) in [6.45, 7) is 6.30. The van der Waals surface area contributed by atoms with E-state index in [0.29, 0.717) is 6.61 Å². The molecule has 0 amide bonds. The number of aliphatic imine (C=N–C) groups is 1. The molecule has 0 aromatic heterocycles. The van der Waals surface area contributed by atoms with Crippen LogP contribution in [0.1, 0.15) is 43.7 Å². The summed E-state index contributed by atoms with van der Waals surface area (Å²) in [6.07, 6.45) is 6.41. The van der Waals surface area contributed by atoms with E-state index in [-0.39, 0.29) is 42.2 Å². The molecule has 0 aliphatic carbocycles. The quantitative estimate of drug-likeness (QED) is 0.329. The highest BCUT2D eigenvalue weighted by atomic mass is 127. The van der Waals surface area contributed by atoms with Crippen molar-refractivity contribution in [3.63, 3.8) is 0 Å². The van der Waals surface area contributed by atoms with Crippen LogP contribution in [0.4, 0.5) is 0 Å². The molecule has 32 heavy (non-hydrogen) atoms. The molecule has 1 aromatic rings. The van der Waals surface area contributed by atoms with Crippen molar-refractivity contribution >= 4 is 29.9 Å². The minimum absolute atomic E-state index is 0. The van der Waals surface area contributed by atoms with Gasteiger partial charge < -0.3 is 24.4 Å². The van der Waals surface area contributed by atoms with E-state index in [0.717, 1.165) is 63.9 Å². The Hall–Kier alpha value is -1.10. The number of methoxy groups -OCH3 is 1. The highest BCUT2D eigenvalue weighted by molar-refractivity contribution is 14.0. The predicted molar refractivity (Wildman–Crippen MR) is 138 cm³/mol. The minimum Gasteiger partial charge on any atom is -0.496 e. The van der Waals surface area contributed by atoms with Gasteiger partial charge in [0.05, 0.1) is 25.9 Å². The Balaban J connectivity index is 0.00000289. The van der Waals surface area contributed by atoms with Gasteiger partial charge in [0.2, 0.25) is 0 Å². The average Bonchev–Trinajstić information content (AvgIpc) is 3.38. The SMILES string of the molecule is CN=C(NCC(c1ccccc1OC)N1CCCCC1)N1CCOC(C2CCCO2)C1.I. The van der Waals surface area contributed by atoms with Crippen LogP contribution in [0.2, 0.25) is 0 Å². The lowest BCUT2D eigenvalue weighted by molar-refractivity contribution is -0.0817. The van der Waals surface area contributed by atoms with Crippen molar-refractivity contribution in [3.8, 4) is 5.75 Å². The Morgan fingerprint density at radius 1 is 1.09 bits per heavy atom. The summed E-state index contributed by atoms with van der Waals surface area (Å²) >= 11 is 0. The molecule has 3 unspecified atom stereocenters. The molecule has 7 nitrogen and oxygen atoms in total. The smallest absolute Gasteiger partial charge is 0.193 e. The second kappa shape index (κ2) is 13.0. The first kappa shape index (κ1) is 25.5. The molecule has 3 aliphatic heterocycles. The number of piperidine rings is 1. The fraction of sp³-hybridized carbons (Fsp3) is 0.708. The number of ether oxygens (including phenoxy) is 3. The number of guanidine groups is 1. The first-order valence-electron chi connectivity index (χ1n) is 11.9. The molecular weight excluding hydrogens is 519 g/mol. The van der Waals surface area contributed by atoms with Gasteiger partial charge in [0.1, 0.15) is 11.9 Å². The van der Waals surface area contributed by atoms with E-state index in [2.05, 4.69) is 38.3 Å². The zero-order chi connectivity index (χ0) is 21.5. The lowest BCUT2D eigenvalue weighted by atomic mass is 10.0. The summed E-state index contributed by atoms with van der Waals surface area (Å²) in [5.41, 5.74) is 1.24. The number of nitrogens with zero attached hydrogens (tertiary/aromatic N) is 3. The van der Waals surface area contributed by atoms with Crippen LogP contribution in [-0.2, 0) is 9.47 Å². The molecule has 3 aliphatic rings. The van der Waals surface area contributed by atoms with Crippen molar-refractivity contribution in [2.75, 3.05) is 60.1 Å². The minimum atomic E-state index is 0. The van der Waals surface area contributed by atoms with Crippen LogP contribution in [0, 0.1) is 0 Å². The number of morpholine rings is 1. The Bertz CT molecular complexity index is 723. The van der Waals surface area contributed by atoms with Crippen LogP contribution in [-0.4, -0.2) is 88.1 Å². The van der Waals surface area contributed by atoms with E-state index in [9.17, 15) is 0 Å². The summed E-state index contributed by atoms with van der Waals surface area (Å²) < 4.78 is 17.6. The number of likely N-dealkylation sites (tertiary alicyclic amines) is 1. The van der Waals surface area contributed by atoms with Gasteiger partial charge in [-0.25, -0.2) is 0 Å². The van der Waals surface area contributed by atoms with Crippen LogP contribution in [0.3, 0.4) is 0 Å². The highest BCUT2D eigenvalue weighted by Crippen LogP contribution is 2.31. The molecule has 1 aromatic carbocycles. The number of rotatable bonds is 6. The van der Waals surface area contributed by atoms with Crippen molar-refractivity contribution < 1.29 is 14.2 Å². The van der Waals surface area contributed by atoms with Gasteiger partial charge in [0.25, 0.3) is 0 Å². The standard InChI is InChI=1S/C24H38N4O3.HI/c1-25-24(28-14-16-31-23(18-28)22-11-8-15-30-22)26-17-20(27-12-6-3-7-13-27)19-9-4-5-10-21(19)29-2;/h4-5,9-10,20,22-23H,3,6-8,11-18H2,1-2H3,(H,25,26);1H. The Morgan fingerprint density at radius 3 is 2.59 bits per heavy atom. The first-order chi connectivity index (χ1) is 15.3. The van der Waals surface area contributed by atoms with Gasteiger partial charge in [0.15, 0.2) is 5.96 Å². The normalized spacial score (nSPS) is 25.8. The van der Waals surface area contributed by atoms with Gasteiger partial charge >= 0.3 is 0 Å². The molecule has 0 saturated carbocycles. The van der Waals surface area contributed by atoms with E-state index < -0.39 is 0 Å². The summed E-state index contributed by atoms with van der Waals surface area (Å²) in [4.78, 5) is 9.53. The summed E-state index contributed by atoms with van der Waals surface area (Å²) in [7, 11) is 3.63. The van der Waals surface area contributed by atoms with Crippen LogP contribution < -0.4 is 10.1 Å². The monoisotopic (exact) mass is 558 g/mol. The summed E-state index contributed by atoms with van der Waals surface area (Å²) in [5.74, 6) is 1.91. The van der Waals surface area contributed by atoms with Crippen molar-refractivity contribution in [2.24, 2.45) is 4.99 Å². The number of halogens is 1. The molecule has 8 heteroatoms. The van der Waals surface area contributed by atoms with Crippen molar-refractivity contribution in [2.45, 2.75) is 50.4 Å². The van der Waals surface area contributed by atoms with Crippen molar-refractivity contribution in [1.29, 1.82) is 0 Å². The molecule has 3 fully saturated rings. The number of benzene rings is 1. The van der Waals surface area contributed by atoms with Crippen LogP contribution in [0.5, 0.6) is 5.75 Å². The third-order valence-corrected chi connectivity index (χ3v) is 6.77. The van der Waals surface area contributed by atoms with E-state index in [1.165, 1.54) is 24.8 Å². The fourth-order valence-electron chi connectivity index (χ4n) is 5.12. The zero-order valence-electron chi connectivity index (χ0n) is 19.5. The van der Waals surface area contributed by atoms with Gasteiger partial charge in [-0.05, 0) is 44.8 Å². The van der Waals surface area contributed by atoms with Gasteiger partial charge in [-0.15, -0.1) is 24.0 Å². The summed E-state index contributed by atoms with van der Waals surface area (Å²) in [6, 6.07) is 8.67. The lowest BCUT2D eigenvalue weighted by Gasteiger charge is -2.39. The number of para-hydroxylation sites is 1. The van der Waals surface area contributed by atoms with Crippen LogP contribution in [0.25, 0.3) is 0 Å². The Morgan fingerprint density at radius 2 is 1.88 bits per heavy atom. The third-order valence-electron chi connectivity index (χ3n) is 6.77. The Labute approximate surface area is 209 Å². The number of hydrogen-bond acceptors (Lipinski definition) is 5.